The van der Waals surface area contributed by atoms with Crippen molar-refractivity contribution in [3.05, 3.63) is 70.6 Å². The Bertz CT molecular complexity index is 941. The molecule has 128 valence electrons. The van der Waals surface area contributed by atoms with E-state index in [-0.39, 0.29) is 24.2 Å². The predicted octanol–water partition coefficient (Wildman–Crippen LogP) is 5.77. The fourth-order valence-electron chi connectivity index (χ4n) is 2.52. The molecule has 0 aliphatic carbocycles. The topological polar surface area (TPSA) is 34.1 Å². The summed E-state index contributed by atoms with van der Waals surface area (Å²) in [6, 6.07) is 11.5. The summed E-state index contributed by atoms with van der Waals surface area (Å²) < 4.78 is 39.2. The summed E-state index contributed by atoms with van der Waals surface area (Å²) in [6.07, 6.45) is -4.66. The first-order valence-corrected chi connectivity index (χ1v) is 8.43. The van der Waals surface area contributed by atoms with Crippen LogP contribution in [0, 0.1) is 0 Å². The lowest BCUT2D eigenvalue weighted by atomic mass is 10.00. The van der Waals surface area contributed by atoms with Gasteiger partial charge in [-0.2, -0.15) is 13.2 Å². The molecule has 6 heteroatoms. The van der Waals surface area contributed by atoms with E-state index in [1.165, 1.54) is 12.1 Å². The first-order chi connectivity index (χ1) is 11.8. The molecule has 2 nitrogen and oxygen atoms in total. The van der Waals surface area contributed by atoms with Gasteiger partial charge in [0.1, 0.15) is 0 Å². The van der Waals surface area contributed by atoms with Crippen LogP contribution >= 0.6 is 11.3 Å². The molecule has 0 radical (unpaired) electrons. The summed E-state index contributed by atoms with van der Waals surface area (Å²) in [6.45, 7) is 0. The second-order valence-electron chi connectivity index (χ2n) is 5.60. The minimum absolute atomic E-state index is 0.0316. The first-order valence-electron chi connectivity index (χ1n) is 7.55. The Kier molecular flexibility index (Phi) is 4.72. The van der Waals surface area contributed by atoms with Gasteiger partial charge in [-0.05, 0) is 47.2 Å². The van der Waals surface area contributed by atoms with E-state index < -0.39 is 17.5 Å². The van der Waals surface area contributed by atoms with Crippen molar-refractivity contribution in [2.24, 2.45) is 0 Å². The number of thiophene rings is 1. The molecule has 1 heterocycles. The van der Waals surface area contributed by atoms with Crippen LogP contribution in [0.1, 0.15) is 39.1 Å². The van der Waals surface area contributed by atoms with E-state index in [9.17, 15) is 22.8 Å². The van der Waals surface area contributed by atoms with Crippen LogP contribution < -0.4 is 0 Å². The lowest BCUT2D eigenvalue weighted by Gasteiger charge is -2.08. The van der Waals surface area contributed by atoms with Crippen molar-refractivity contribution in [1.29, 1.82) is 0 Å². The van der Waals surface area contributed by atoms with Gasteiger partial charge in [-0.1, -0.05) is 12.1 Å². The standard InChI is InChI=1S/C19H13F3O2S/c20-19(21,22)15-3-1-2-12(11-15)16(23)5-6-17(24)13-4-7-18-14(10-13)8-9-25-18/h1-4,7-11H,5-6H2. The van der Waals surface area contributed by atoms with Crippen LogP contribution in [-0.2, 0) is 6.18 Å². The van der Waals surface area contributed by atoms with Crippen LogP contribution in [0.4, 0.5) is 13.2 Å². The molecule has 0 saturated carbocycles. The third-order valence-electron chi connectivity index (χ3n) is 3.87. The molecule has 25 heavy (non-hydrogen) atoms. The summed E-state index contributed by atoms with van der Waals surface area (Å²) in [7, 11) is 0. The summed E-state index contributed by atoms with van der Waals surface area (Å²) in [5, 5.41) is 2.89. The van der Waals surface area contributed by atoms with Crippen LogP contribution in [0.3, 0.4) is 0 Å². The highest BCUT2D eigenvalue weighted by molar-refractivity contribution is 7.17. The zero-order valence-corrected chi connectivity index (χ0v) is 13.8. The lowest BCUT2D eigenvalue weighted by Crippen LogP contribution is -2.09. The average Bonchev–Trinajstić information content (AvgIpc) is 3.06. The molecule has 0 fully saturated rings. The van der Waals surface area contributed by atoms with Gasteiger partial charge in [0.2, 0.25) is 0 Å². The molecule has 0 aliphatic rings. The van der Waals surface area contributed by atoms with Crippen molar-refractivity contribution >= 4 is 33.0 Å². The van der Waals surface area contributed by atoms with E-state index >= 15 is 0 Å². The second-order valence-corrected chi connectivity index (χ2v) is 6.55. The number of hydrogen-bond donors (Lipinski definition) is 0. The Morgan fingerprint density at radius 3 is 2.24 bits per heavy atom. The summed E-state index contributed by atoms with van der Waals surface area (Å²) in [5.74, 6) is -0.676. The maximum absolute atomic E-state index is 12.7. The molecule has 0 unspecified atom stereocenters. The number of ketones is 2. The van der Waals surface area contributed by atoms with Gasteiger partial charge >= 0.3 is 6.18 Å². The molecule has 0 saturated heterocycles. The number of benzene rings is 2. The van der Waals surface area contributed by atoms with Gasteiger partial charge in [0.05, 0.1) is 5.56 Å². The number of rotatable bonds is 5. The number of fused-ring (bicyclic) bond motifs is 1. The third-order valence-corrected chi connectivity index (χ3v) is 4.76. The lowest BCUT2D eigenvalue weighted by molar-refractivity contribution is -0.137. The van der Waals surface area contributed by atoms with E-state index in [2.05, 4.69) is 0 Å². The Morgan fingerprint density at radius 2 is 1.56 bits per heavy atom. The molecule has 0 N–H and O–H groups in total. The Balaban J connectivity index is 1.68. The summed E-state index contributed by atoms with van der Waals surface area (Å²) >= 11 is 1.57. The predicted molar refractivity (Wildman–Crippen MR) is 91.2 cm³/mol. The molecule has 0 amide bonds. The van der Waals surface area contributed by atoms with E-state index in [4.69, 9.17) is 0 Å². The van der Waals surface area contributed by atoms with Gasteiger partial charge in [0.15, 0.2) is 11.6 Å². The van der Waals surface area contributed by atoms with Crippen molar-refractivity contribution < 1.29 is 22.8 Å². The van der Waals surface area contributed by atoms with Crippen molar-refractivity contribution in [2.45, 2.75) is 19.0 Å². The van der Waals surface area contributed by atoms with E-state index in [1.54, 1.807) is 23.5 Å². The average molecular weight is 362 g/mol. The quantitative estimate of drug-likeness (QED) is 0.540. The van der Waals surface area contributed by atoms with Crippen LogP contribution in [0.2, 0.25) is 0 Å². The second kappa shape index (κ2) is 6.80. The van der Waals surface area contributed by atoms with Crippen LogP contribution in [0.25, 0.3) is 10.1 Å². The van der Waals surface area contributed by atoms with Gasteiger partial charge in [-0.3, -0.25) is 9.59 Å². The molecule has 0 spiro atoms. The highest BCUT2D eigenvalue weighted by Crippen LogP contribution is 2.30. The van der Waals surface area contributed by atoms with E-state index in [0.29, 0.717) is 5.56 Å². The number of halogens is 3. The SMILES string of the molecule is O=C(CCC(=O)c1ccc2sccc2c1)c1cccc(C(F)(F)F)c1. The van der Waals surface area contributed by atoms with Crippen LogP contribution in [-0.4, -0.2) is 11.6 Å². The summed E-state index contributed by atoms with van der Waals surface area (Å²) in [4.78, 5) is 24.4. The largest absolute Gasteiger partial charge is 0.416 e. The minimum Gasteiger partial charge on any atom is -0.294 e. The van der Waals surface area contributed by atoms with Gasteiger partial charge < -0.3 is 0 Å². The van der Waals surface area contributed by atoms with Crippen LogP contribution in [0.15, 0.2) is 53.9 Å². The molecule has 0 bridgehead atoms. The molecule has 1 aromatic heterocycles. The number of carbonyl (C=O) groups excluding carboxylic acids is 2. The monoisotopic (exact) mass is 362 g/mol. The fourth-order valence-corrected chi connectivity index (χ4v) is 3.30. The van der Waals surface area contributed by atoms with Crippen molar-refractivity contribution in [1.82, 2.24) is 0 Å². The molecular formula is C19H13F3O2S. The third kappa shape index (κ3) is 3.96. The number of carbonyl (C=O) groups is 2. The Labute approximate surface area is 145 Å². The molecule has 3 rings (SSSR count). The number of Topliss-reactive ketones (excluding diaryl/α,β-unsaturated/α-hetero) is 2. The molecule has 3 aromatic rings. The van der Waals surface area contributed by atoms with Crippen LogP contribution in [0.5, 0.6) is 0 Å². The molecular weight excluding hydrogens is 349 g/mol. The fraction of sp³-hybridized carbons (Fsp3) is 0.158. The van der Waals surface area contributed by atoms with Gasteiger partial charge in [0, 0.05) is 28.7 Å². The highest BCUT2D eigenvalue weighted by Gasteiger charge is 2.30. The normalized spacial score (nSPS) is 11.6. The summed E-state index contributed by atoms with van der Waals surface area (Å²) in [5.41, 5.74) is -0.397. The zero-order valence-electron chi connectivity index (χ0n) is 13.0. The van der Waals surface area contributed by atoms with Crippen molar-refractivity contribution in [3.8, 4) is 0 Å². The smallest absolute Gasteiger partial charge is 0.294 e. The number of hydrogen-bond acceptors (Lipinski definition) is 3. The molecule has 2 aromatic carbocycles. The maximum Gasteiger partial charge on any atom is 0.416 e. The first kappa shape index (κ1) is 17.4. The van der Waals surface area contributed by atoms with Crippen molar-refractivity contribution in [2.75, 3.05) is 0 Å². The Hall–Kier alpha value is -2.47. The molecule has 0 atom stereocenters. The maximum atomic E-state index is 12.7. The van der Waals surface area contributed by atoms with E-state index in [0.717, 1.165) is 22.2 Å². The number of alkyl halides is 3. The Morgan fingerprint density at radius 1 is 0.880 bits per heavy atom. The van der Waals surface area contributed by atoms with Crippen molar-refractivity contribution in [3.63, 3.8) is 0 Å². The zero-order chi connectivity index (χ0) is 18.0. The minimum atomic E-state index is -4.50. The van der Waals surface area contributed by atoms with E-state index in [1.807, 2.05) is 17.5 Å². The highest BCUT2D eigenvalue weighted by atomic mass is 32.1. The van der Waals surface area contributed by atoms with Gasteiger partial charge in [-0.15, -0.1) is 11.3 Å². The van der Waals surface area contributed by atoms with Gasteiger partial charge in [0.25, 0.3) is 0 Å². The van der Waals surface area contributed by atoms with Gasteiger partial charge in [-0.25, -0.2) is 0 Å². The molecule has 0 aliphatic heterocycles.